The first-order valence-electron chi connectivity index (χ1n) is 4.30. The van der Waals surface area contributed by atoms with E-state index in [0.29, 0.717) is 5.56 Å². The van der Waals surface area contributed by atoms with Crippen molar-refractivity contribution in [1.82, 2.24) is 0 Å². The lowest BCUT2D eigenvalue weighted by Gasteiger charge is -2.15. The molecule has 0 heterocycles. The second-order valence-electron chi connectivity index (χ2n) is 3.11. The zero-order valence-electron chi connectivity index (χ0n) is 7.84. The summed E-state index contributed by atoms with van der Waals surface area (Å²) >= 11 is 0. The van der Waals surface area contributed by atoms with Crippen molar-refractivity contribution in [3.8, 4) is 0 Å². The van der Waals surface area contributed by atoms with E-state index in [1.807, 2.05) is 0 Å². The van der Waals surface area contributed by atoms with E-state index < -0.39 is 23.7 Å². The van der Waals surface area contributed by atoms with Crippen LogP contribution in [0.15, 0.2) is 24.3 Å². The van der Waals surface area contributed by atoms with E-state index >= 15 is 0 Å². The molecule has 0 spiro atoms. The number of aliphatic hydroxyl groups excluding tert-OH is 1. The van der Waals surface area contributed by atoms with Gasteiger partial charge in [-0.1, -0.05) is 0 Å². The lowest BCUT2D eigenvalue weighted by Crippen LogP contribution is -2.30. The van der Waals surface area contributed by atoms with Crippen LogP contribution in [0.4, 0.5) is 10.1 Å². The Morgan fingerprint density at radius 2 is 2.00 bits per heavy atom. The van der Waals surface area contributed by atoms with Crippen LogP contribution in [-0.4, -0.2) is 22.7 Å². The van der Waals surface area contributed by atoms with Crippen molar-refractivity contribution in [2.75, 3.05) is 6.67 Å². The van der Waals surface area contributed by atoms with Crippen molar-refractivity contribution in [1.29, 1.82) is 0 Å². The van der Waals surface area contributed by atoms with E-state index in [-0.39, 0.29) is 5.69 Å². The van der Waals surface area contributed by atoms with Crippen LogP contribution in [0.25, 0.3) is 0 Å². The number of hydrogen-bond donors (Lipinski definition) is 2. The Bertz CT molecular complexity index is 342. The normalized spacial score (nSPS) is 14.6. The Kier molecular flexibility index (Phi) is 3.70. The molecule has 3 N–H and O–H groups in total. The minimum Gasteiger partial charge on any atom is -0.387 e. The molecule has 0 aliphatic carbocycles. The van der Waals surface area contributed by atoms with E-state index in [1.165, 1.54) is 24.3 Å². The third-order valence-electron chi connectivity index (χ3n) is 2.03. The van der Waals surface area contributed by atoms with Crippen LogP contribution in [0.1, 0.15) is 11.7 Å². The number of aliphatic hydroxyl groups is 1. The fourth-order valence-corrected chi connectivity index (χ4v) is 1.12. The van der Waals surface area contributed by atoms with Gasteiger partial charge in [-0.3, -0.25) is 10.1 Å². The summed E-state index contributed by atoms with van der Waals surface area (Å²) in [7, 11) is 0. The Hall–Kier alpha value is -1.53. The molecule has 1 rings (SSSR count). The van der Waals surface area contributed by atoms with E-state index in [2.05, 4.69) is 0 Å². The molecule has 0 fully saturated rings. The van der Waals surface area contributed by atoms with Crippen molar-refractivity contribution in [3.63, 3.8) is 0 Å². The monoisotopic (exact) mass is 214 g/mol. The van der Waals surface area contributed by atoms with Crippen LogP contribution in [-0.2, 0) is 0 Å². The highest BCUT2D eigenvalue weighted by atomic mass is 19.1. The van der Waals surface area contributed by atoms with E-state index in [1.54, 1.807) is 0 Å². The number of nitro benzene ring substituents is 1. The zero-order chi connectivity index (χ0) is 11.4. The Morgan fingerprint density at radius 3 is 2.40 bits per heavy atom. The van der Waals surface area contributed by atoms with E-state index in [9.17, 15) is 19.6 Å². The fraction of sp³-hybridized carbons (Fsp3) is 0.333. The van der Waals surface area contributed by atoms with Crippen LogP contribution < -0.4 is 5.73 Å². The molecule has 2 atom stereocenters. The van der Waals surface area contributed by atoms with Crippen LogP contribution in [0, 0.1) is 10.1 Å². The summed E-state index contributed by atoms with van der Waals surface area (Å²) < 4.78 is 12.1. The molecule has 0 saturated heterocycles. The molecule has 1 aromatic rings. The van der Waals surface area contributed by atoms with Crippen molar-refractivity contribution >= 4 is 5.69 Å². The number of non-ortho nitro benzene ring substituents is 1. The van der Waals surface area contributed by atoms with Gasteiger partial charge in [0.05, 0.1) is 17.1 Å². The second kappa shape index (κ2) is 4.81. The molecular weight excluding hydrogens is 203 g/mol. The smallest absolute Gasteiger partial charge is 0.269 e. The summed E-state index contributed by atoms with van der Waals surface area (Å²) in [6.45, 7) is -0.849. The molecule has 1 aromatic carbocycles. The highest BCUT2D eigenvalue weighted by Crippen LogP contribution is 2.19. The first kappa shape index (κ1) is 11.5. The summed E-state index contributed by atoms with van der Waals surface area (Å²) in [6, 6.07) is 4.19. The van der Waals surface area contributed by atoms with Gasteiger partial charge in [-0.25, -0.2) is 4.39 Å². The Balaban J connectivity index is 2.84. The molecule has 0 aromatic heterocycles. The summed E-state index contributed by atoms with van der Waals surface area (Å²) in [5, 5.41) is 19.8. The molecule has 0 bridgehead atoms. The third kappa shape index (κ3) is 2.71. The SMILES string of the molecule is N[C@H](CF)[C@H](O)c1ccc([N+](=O)[O-])cc1. The van der Waals surface area contributed by atoms with E-state index in [0.717, 1.165) is 0 Å². The van der Waals surface area contributed by atoms with Gasteiger partial charge in [-0.2, -0.15) is 0 Å². The number of nitrogens with zero attached hydrogens (tertiary/aromatic N) is 1. The molecule has 0 amide bonds. The van der Waals surface area contributed by atoms with Gasteiger partial charge in [0.2, 0.25) is 0 Å². The molecule has 5 nitrogen and oxygen atoms in total. The maximum atomic E-state index is 12.1. The maximum Gasteiger partial charge on any atom is 0.269 e. The number of nitro groups is 1. The molecule has 6 heteroatoms. The predicted molar refractivity (Wildman–Crippen MR) is 52.0 cm³/mol. The minimum absolute atomic E-state index is 0.0835. The largest absolute Gasteiger partial charge is 0.387 e. The Labute approximate surface area is 85.5 Å². The zero-order valence-corrected chi connectivity index (χ0v) is 7.84. The standard InChI is InChI=1S/C9H11FN2O3/c10-5-8(11)9(13)6-1-3-7(4-2-6)12(14)15/h1-4,8-9,13H,5,11H2/t8-,9-/m1/s1. The fourth-order valence-electron chi connectivity index (χ4n) is 1.12. The van der Waals surface area contributed by atoms with Crippen LogP contribution in [0.2, 0.25) is 0 Å². The molecule has 82 valence electrons. The van der Waals surface area contributed by atoms with Gasteiger partial charge in [0.1, 0.15) is 6.67 Å². The summed E-state index contributed by atoms with van der Waals surface area (Å²) in [5.74, 6) is 0. The van der Waals surface area contributed by atoms with Crippen LogP contribution >= 0.6 is 0 Å². The van der Waals surface area contributed by atoms with Crippen molar-refractivity contribution in [2.45, 2.75) is 12.1 Å². The van der Waals surface area contributed by atoms with Crippen molar-refractivity contribution in [2.24, 2.45) is 5.73 Å². The molecule has 0 aliphatic rings. The van der Waals surface area contributed by atoms with Gasteiger partial charge < -0.3 is 10.8 Å². The molecule has 15 heavy (non-hydrogen) atoms. The minimum atomic E-state index is -1.14. The topological polar surface area (TPSA) is 89.4 Å². The first-order valence-corrected chi connectivity index (χ1v) is 4.30. The quantitative estimate of drug-likeness (QED) is 0.576. The predicted octanol–water partition coefficient (Wildman–Crippen LogP) is 0.925. The van der Waals surface area contributed by atoms with Gasteiger partial charge in [0.25, 0.3) is 5.69 Å². The number of benzene rings is 1. The van der Waals surface area contributed by atoms with E-state index in [4.69, 9.17) is 5.73 Å². The third-order valence-corrected chi connectivity index (χ3v) is 2.03. The summed E-state index contributed by atoms with van der Waals surface area (Å²) in [4.78, 5) is 9.78. The Morgan fingerprint density at radius 1 is 1.47 bits per heavy atom. The second-order valence-corrected chi connectivity index (χ2v) is 3.11. The number of alkyl halides is 1. The molecule has 0 radical (unpaired) electrons. The summed E-state index contributed by atoms with van der Waals surface area (Å²) in [5.41, 5.74) is 5.57. The van der Waals surface area contributed by atoms with Crippen molar-refractivity contribution < 1.29 is 14.4 Å². The molecule has 0 aliphatic heterocycles. The van der Waals surface area contributed by atoms with Crippen LogP contribution in [0.5, 0.6) is 0 Å². The average Bonchev–Trinajstić information content (AvgIpc) is 2.27. The van der Waals surface area contributed by atoms with Crippen LogP contribution in [0.3, 0.4) is 0 Å². The van der Waals surface area contributed by atoms with Gasteiger partial charge in [0, 0.05) is 12.1 Å². The highest BCUT2D eigenvalue weighted by Gasteiger charge is 2.17. The molecule has 0 saturated carbocycles. The number of halogens is 1. The van der Waals surface area contributed by atoms with Crippen molar-refractivity contribution in [3.05, 3.63) is 39.9 Å². The maximum absolute atomic E-state index is 12.1. The number of nitrogens with two attached hydrogens (primary N) is 1. The number of rotatable bonds is 4. The summed E-state index contributed by atoms with van der Waals surface area (Å²) in [6.07, 6.45) is -1.14. The van der Waals surface area contributed by atoms with Gasteiger partial charge in [-0.05, 0) is 17.7 Å². The van der Waals surface area contributed by atoms with Gasteiger partial charge in [0.15, 0.2) is 0 Å². The van der Waals surface area contributed by atoms with Gasteiger partial charge in [-0.15, -0.1) is 0 Å². The number of hydrogen-bond acceptors (Lipinski definition) is 4. The highest BCUT2D eigenvalue weighted by molar-refractivity contribution is 5.34. The molecular formula is C9H11FN2O3. The first-order chi connectivity index (χ1) is 7.06. The lowest BCUT2D eigenvalue weighted by molar-refractivity contribution is -0.384. The molecule has 0 unspecified atom stereocenters. The van der Waals surface area contributed by atoms with Gasteiger partial charge >= 0.3 is 0 Å². The average molecular weight is 214 g/mol. The lowest BCUT2D eigenvalue weighted by atomic mass is 10.0.